The molecule has 0 rings (SSSR count). The molecule has 0 aliphatic heterocycles. The van der Waals surface area contributed by atoms with E-state index in [1.54, 1.807) is 11.9 Å². The Bertz CT molecular complexity index is 240. The number of likely N-dealkylation sites (N-methyl/N-ethyl adjacent to an activating group) is 1. The van der Waals surface area contributed by atoms with Crippen LogP contribution in [-0.2, 0) is 4.79 Å². The zero-order valence-electron chi connectivity index (χ0n) is 8.50. The number of carbonyl (C=O) groups excluding carboxylic acids is 1. The normalized spacial score (nSPS) is 11.5. The van der Waals surface area contributed by atoms with E-state index in [0.717, 1.165) is 5.57 Å². The molecule has 0 aromatic heterocycles. The molecule has 0 spiro atoms. The van der Waals surface area contributed by atoms with Crippen LogP contribution in [0.2, 0.25) is 0 Å². The van der Waals surface area contributed by atoms with Gasteiger partial charge in [0, 0.05) is 13.6 Å². The Hall–Kier alpha value is -1.30. The summed E-state index contributed by atoms with van der Waals surface area (Å²) in [7, 11) is 1.69. The van der Waals surface area contributed by atoms with Crippen molar-refractivity contribution in [3.8, 4) is 6.07 Å². The van der Waals surface area contributed by atoms with Gasteiger partial charge >= 0.3 is 0 Å². The van der Waals surface area contributed by atoms with Gasteiger partial charge in [0.15, 0.2) is 0 Å². The molecule has 0 aromatic rings. The molecule has 1 amide bonds. The lowest BCUT2D eigenvalue weighted by Gasteiger charge is -2.19. The maximum atomic E-state index is 11.5. The number of hydrogen-bond donors (Lipinski definition) is 0. The highest BCUT2D eigenvalue weighted by Gasteiger charge is 2.19. The molecule has 0 heterocycles. The van der Waals surface area contributed by atoms with Crippen LogP contribution in [0.4, 0.5) is 0 Å². The van der Waals surface area contributed by atoms with Gasteiger partial charge in [0.05, 0.1) is 6.07 Å². The second-order valence-corrected chi connectivity index (χ2v) is 3.24. The highest BCUT2D eigenvalue weighted by atomic mass is 16.2. The van der Waals surface area contributed by atoms with Crippen molar-refractivity contribution in [2.75, 3.05) is 13.6 Å². The third kappa shape index (κ3) is 3.75. The molecule has 0 fully saturated rings. The van der Waals surface area contributed by atoms with Crippen molar-refractivity contribution in [2.45, 2.75) is 20.3 Å². The molecule has 0 bridgehead atoms. The summed E-state index contributed by atoms with van der Waals surface area (Å²) in [4.78, 5) is 13.0. The van der Waals surface area contributed by atoms with E-state index < -0.39 is 5.92 Å². The largest absolute Gasteiger partial charge is 0.341 e. The molecule has 0 aliphatic carbocycles. The maximum Gasteiger partial charge on any atom is 0.239 e. The summed E-state index contributed by atoms with van der Waals surface area (Å²) in [6.07, 6.45) is 0.565. The standard InChI is InChI=1S/C10H16N2O/c1-5-9(6-11)10(13)12(4)7-8(2)3/h9H,2,5,7H2,1,3-4H3. The fourth-order valence-electron chi connectivity index (χ4n) is 1.07. The predicted molar refractivity (Wildman–Crippen MR) is 51.8 cm³/mol. The minimum Gasteiger partial charge on any atom is -0.341 e. The average Bonchev–Trinajstić information content (AvgIpc) is 2.05. The second kappa shape index (κ2) is 5.36. The highest BCUT2D eigenvalue weighted by molar-refractivity contribution is 5.81. The first kappa shape index (κ1) is 11.7. The zero-order chi connectivity index (χ0) is 10.4. The summed E-state index contributed by atoms with van der Waals surface area (Å²) < 4.78 is 0. The molecule has 0 N–H and O–H groups in total. The van der Waals surface area contributed by atoms with Gasteiger partial charge in [-0.25, -0.2) is 0 Å². The van der Waals surface area contributed by atoms with Crippen LogP contribution in [0.15, 0.2) is 12.2 Å². The maximum absolute atomic E-state index is 11.5. The molecule has 3 nitrogen and oxygen atoms in total. The summed E-state index contributed by atoms with van der Waals surface area (Å²) in [6, 6.07) is 1.98. The van der Waals surface area contributed by atoms with Crippen molar-refractivity contribution >= 4 is 5.91 Å². The Morgan fingerprint density at radius 2 is 2.23 bits per heavy atom. The molecule has 0 saturated carbocycles. The fraction of sp³-hybridized carbons (Fsp3) is 0.600. The molecule has 72 valence electrons. The number of nitriles is 1. The van der Waals surface area contributed by atoms with Crippen molar-refractivity contribution in [2.24, 2.45) is 5.92 Å². The van der Waals surface area contributed by atoms with Crippen LogP contribution < -0.4 is 0 Å². The summed E-state index contributed by atoms with van der Waals surface area (Å²) >= 11 is 0. The van der Waals surface area contributed by atoms with Gasteiger partial charge in [-0.2, -0.15) is 5.26 Å². The number of amides is 1. The summed E-state index contributed by atoms with van der Waals surface area (Å²) in [5, 5.41) is 8.66. The summed E-state index contributed by atoms with van der Waals surface area (Å²) in [6.45, 7) is 7.93. The van der Waals surface area contributed by atoms with Gasteiger partial charge in [0.25, 0.3) is 0 Å². The fourth-order valence-corrected chi connectivity index (χ4v) is 1.07. The van der Waals surface area contributed by atoms with Crippen LogP contribution in [0.5, 0.6) is 0 Å². The van der Waals surface area contributed by atoms with Crippen LogP contribution in [0.25, 0.3) is 0 Å². The molecule has 0 aliphatic rings. The monoisotopic (exact) mass is 180 g/mol. The predicted octanol–water partition coefficient (Wildman–Crippen LogP) is 1.57. The Kier molecular flexibility index (Phi) is 4.83. The lowest BCUT2D eigenvalue weighted by atomic mass is 10.1. The van der Waals surface area contributed by atoms with Crippen molar-refractivity contribution in [3.63, 3.8) is 0 Å². The van der Waals surface area contributed by atoms with Gasteiger partial charge in [-0.05, 0) is 13.3 Å². The molecule has 3 heteroatoms. The van der Waals surface area contributed by atoms with E-state index in [4.69, 9.17) is 5.26 Å². The molecule has 0 radical (unpaired) electrons. The number of rotatable bonds is 4. The first-order chi connectivity index (χ1) is 6.02. The molecule has 1 unspecified atom stereocenters. The lowest BCUT2D eigenvalue weighted by molar-refractivity contribution is -0.132. The Balaban J connectivity index is 4.25. The van der Waals surface area contributed by atoms with Gasteiger partial charge in [0.1, 0.15) is 5.92 Å². The molecular weight excluding hydrogens is 164 g/mol. The van der Waals surface area contributed by atoms with Gasteiger partial charge in [-0.15, -0.1) is 0 Å². The third-order valence-corrected chi connectivity index (χ3v) is 1.75. The quantitative estimate of drug-likeness (QED) is 0.616. The summed E-state index contributed by atoms with van der Waals surface area (Å²) in [5.74, 6) is -0.627. The lowest BCUT2D eigenvalue weighted by Crippen LogP contribution is -2.33. The first-order valence-corrected chi connectivity index (χ1v) is 4.31. The Labute approximate surface area is 79.6 Å². The van der Waals surface area contributed by atoms with E-state index in [1.807, 2.05) is 19.9 Å². The average molecular weight is 180 g/mol. The molecular formula is C10H16N2O. The zero-order valence-corrected chi connectivity index (χ0v) is 8.50. The van der Waals surface area contributed by atoms with Gasteiger partial charge < -0.3 is 4.90 Å². The van der Waals surface area contributed by atoms with Gasteiger partial charge in [-0.1, -0.05) is 19.1 Å². The van der Waals surface area contributed by atoms with E-state index in [0.29, 0.717) is 13.0 Å². The van der Waals surface area contributed by atoms with E-state index >= 15 is 0 Å². The third-order valence-electron chi connectivity index (χ3n) is 1.75. The van der Waals surface area contributed by atoms with Crippen molar-refractivity contribution in [3.05, 3.63) is 12.2 Å². The van der Waals surface area contributed by atoms with E-state index in [2.05, 4.69) is 6.58 Å². The SMILES string of the molecule is C=C(C)CN(C)C(=O)C(C#N)CC. The van der Waals surface area contributed by atoms with Crippen molar-refractivity contribution in [1.82, 2.24) is 4.90 Å². The van der Waals surface area contributed by atoms with Crippen LogP contribution in [0, 0.1) is 17.2 Å². The number of hydrogen-bond acceptors (Lipinski definition) is 2. The number of carbonyl (C=O) groups is 1. The molecule has 1 atom stereocenters. The smallest absolute Gasteiger partial charge is 0.239 e. The van der Waals surface area contributed by atoms with E-state index in [-0.39, 0.29) is 5.91 Å². The van der Waals surface area contributed by atoms with Crippen molar-refractivity contribution in [1.29, 1.82) is 5.26 Å². The molecule has 13 heavy (non-hydrogen) atoms. The first-order valence-electron chi connectivity index (χ1n) is 4.31. The number of nitrogens with zero attached hydrogens (tertiary/aromatic N) is 2. The second-order valence-electron chi connectivity index (χ2n) is 3.24. The van der Waals surface area contributed by atoms with Crippen LogP contribution >= 0.6 is 0 Å². The molecule has 0 saturated heterocycles. The Morgan fingerprint density at radius 1 is 1.69 bits per heavy atom. The van der Waals surface area contributed by atoms with E-state index in [1.165, 1.54) is 0 Å². The highest BCUT2D eigenvalue weighted by Crippen LogP contribution is 2.06. The van der Waals surface area contributed by atoms with Crippen molar-refractivity contribution < 1.29 is 4.79 Å². The molecule has 0 aromatic carbocycles. The van der Waals surface area contributed by atoms with Gasteiger partial charge in [0.2, 0.25) is 5.91 Å². The Morgan fingerprint density at radius 3 is 2.54 bits per heavy atom. The van der Waals surface area contributed by atoms with Crippen LogP contribution in [0.1, 0.15) is 20.3 Å². The minimum absolute atomic E-state index is 0.118. The van der Waals surface area contributed by atoms with E-state index in [9.17, 15) is 4.79 Å². The van der Waals surface area contributed by atoms with Crippen LogP contribution in [0.3, 0.4) is 0 Å². The minimum atomic E-state index is -0.510. The summed E-state index contributed by atoms with van der Waals surface area (Å²) in [5.41, 5.74) is 0.920. The van der Waals surface area contributed by atoms with Gasteiger partial charge in [-0.3, -0.25) is 4.79 Å². The topological polar surface area (TPSA) is 44.1 Å². The van der Waals surface area contributed by atoms with Crippen LogP contribution in [-0.4, -0.2) is 24.4 Å².